The van der Waals surface area contributed by atoms with Crippen LogP contribution >= 0.6 is 0 Å². The first-order valence-corrected chi connectivity index (χ1v) is 8.00. The fraction of sp³-hybridized carbons (Fsp3) is 0.143. The number of rotatable bonds is 4. The Kier molecular flexibility index (Phi) is 5.07. The lowest BCUT2D eigenvalue weighted by molar-refractivity contribution is -0.137. The molecule has 0 heterocycles. The Bertz CT molecular complexity index is 801. The van der Waals surface area contributed by atoms with Crippen molar-refractivity contribution in [1.82, 2.24) is 0 Å². The van der Waals surface area contributed by atoms with E-state index < -0.39 is 11.7 Å². The number of hydrogen-bond donors (Lipinski definition) is 0. The van der Waals surface area contributed by atoms with Crippen molar-refractivity contribution in [3.8, 4) is 0 Å². The van der Waals surface area contributed by atoms with Crippen LogP contribution in [0, 0.1) is 11.6 Å². The Morgan fingerprint density at radius 2 is 1.04 bits per heavy atom. The second-order valence-corrected chi connectivity index (χ2v) is 6.05. The van der Waals surface area contributed by atoms with Crippen molar-refractivity contribution in [1.29, 1.82) is 0 Å². The highest BCUT2D eigenvalue weighted by Gasteiger charge is 2.30. The van der Waals surface area contributed by atoms with Gasteiger partial charge in [-0.05, 0) is 59.5 Å². The minimum atomic E-state index is -4.38. The summed E-state index contributed by atoms with van der Waals surface area (Å²) in [5, 5.41) is 0. The Morgan fingerprint density at radius 3 is 1.42 bits per heavy atom. The second kappa shape index (κ2) is 7.28. The van der Waals surface area contributed by atoms with Gasteiger partial charge in [-0.25, -0.2) is 8.78 Å². The van der Waals surface area contributed by atoms with E-state index in [4.69, 9.17) is 0 Å². The highest BCUT2D eigenvalue weighted by Crippen LogP contribution is 2.32. The molecule has 0 spiro atoms. The van der Waals surface area contributed by atoms with Gasteiger partial charge >= 0.3 is 6.18 Å². The fourth-order valence-corrected chi connectivity index (χ4v) is 2.88. The lowest BCUT2D eigenvalue weighted by Crippen LogP contribution is -2.07. The molecule has 0 atom stereocenters. The van der Waals surface area contributed by atoms with E-state index in [0.29, 0.717) is 12.0 Å². The van der Waals surface area contributed by atoms with Crippen LogP contribution in [0.2, 0.25) is 0 Å². The molecule has 3 aromatic rings. The van der Waals surface area contributed by atoms with Gasteiger partial charge in [0.1, 0.15) is 11.6 Å². The third-order valence-electron chi connectivity index (χ3n) is 4.27. The number of halogens is 5. The molecule has 26 heavy (non-hydrogen) atoms. The van der Waals surface area contributed by atoms with E-state index in [2.05, 4.69) is 0 Å². The Labute approximate surface area is 147 Å². The van der Waals surface area contributed by atoms with Crippen molar-refractivity contribution < 1.29 is 22.0 Å². The zero-order valence-electron chi connectivity index (χ0n) is 13.6. The minimum Gasteiger partial charge on any atom is -0.207 e. The van der Waals surface area contributed by atoms with E-state index in [9.17, 15) is 22.0 Å². The maximum absolute atomic E-state index is 13.2. The quantitative estimate of drug-likeness (QED) is 0.474. The summed E-state index contributed by atoms with van der Waals surface area (Å²) in [6.07, 6.45) is -3.97. The summed E-state index contributed by atoms with van der Waals surface area (Å²) in [4.78, 5) is 0. The molecule has 0 nitrogen and oxygen atoms in total. The van der Waals surface area contributed by atoms with E-state index in [1.54, 1.807) is 24.3 Å². The molecule has 3 aromatic carbocycles. The predicted molar refractivity (Wildman–Crippen MR) is 89.8 cm³/mol. The van der Waals surface area contributed by atoms with Gasteiger partial charge in [0, 0.05) is 5.92 Å². The van der Waals surface area contributed by atoms with Gasteiger partial charge in [0.15, 0.2) is 0 Å². The zero-order valence-corrected chi connectivity index (χ0v) is 13.6. The maximum Gasteiger partial charge on any atom is 0.416 e. The Morgan fingerprint density at radius 1 is 0.615 bits per heavy atom. The van der Waals surface area contributed by atoms with Crippen molar-refractivity contribution in [2.24, 2.45) is 0 Å². The molecular weight excluding hydrogens is 347 g/mol. The molecule has 0 N–H and O–H groups in total. The molecule has 0 unspecified atom stereocenters. The van der Waals surface area contributed by atoms with E-state index in [1.807, 2.05) is 0 Å². The van der Waals surface area contributed by atoms with Gasteiger partial charge in [-0.1, -0.05) is 36.4 Å². The standard InChI is InChI=1S/C21H15F5/c22-18-9-3-15(4-10-18)20(16-5-11-19(23)12-6-16)13-14-1-7-17(8-2-14)21(24,25)26/h1-12,20H,13H2. The molecule has 0 saturated heterocycles. The molecule has 0 aliphatic heterocycles. The van der Waals surface area contributed by atoms with Crippen LogP contribution in [0.25, 0.3) is 0 Å². The van der Waals surface area contributed by atoms with E-state index in [-0.39, 0.29) is 17.6 Å². The molecule has 0 bridgehead atoms. The lowest BCUT2D eigenvalue weighted by Gasteiger charge is -2.19. The van der Waals surface area contributed by atoms with Gasteiger partial charge in [0.05, 0.1) is 5.56 Å². The summed E-state index contributed by atoms with van der Waals surface area (Å²) in [5.74, 6) is -0.977. The smallest absolute Gasteiger partial charge is 0.207 e. The van der Waals surface area contributed by atoms with Gasteiger partial charge in [0.2, 0.25) is 0 Å². The summed E-state index contributed by atoms with van der Waals surface area (Å²) in [7, 11) is 0. The maximum atomic E-state index is 13.2. The van der Waals surface area contributed by atoms with E-state index in [1.165, 1.54) is 36.4 Å². The summed E-state index contributed by atoms with van der Waals surface area (Å²) < 4.78 is 64.6. The normalized spacial score (nSPS) is 11.8. The van der Waals surface area contributed by atoms with Crippen LogP contribution in [0.15, 0.2) is 72.8 Å². The van der Waals surface area contributed by atoms with Gasteiger partial charge in [-0.2, -0.15) is 13.2 Å². The highest BCUT2D eigenvalue weighted by atomic mass is 19.4. The van der Waals surface area contributed by atoms with Crippen molar-refractivity contribution in [3.05, 3.63) is 107 Å². The van der Waals surface area contributed by atoms with Crippen LogP contribution in [0.1, 0.15) is 28.2 Å². The molecule has 0 radical (unpaired) electrons. The van der Waals surface area contributed by atoms with Crippen molar-refractivity contribution >= 4 is 0 Å². The average molecular weight is 362 g/mol. The average Bonchev–Trinajstić information content (AvgIpc) is 2.61. The van der Waals surface area contributed by atoms with Crippen LogP contribution in [-0.4, -0.2) is 0 Å². The van der Waals surface area contributed by atoms with Gasteiger partial charge < -0.3 is 0 Å². The SMILES string of the molecule is Fc1ccc(C(Cc2ccc(C(F)(F)F)cc2)c2ccc(F)cc2)cc1. The van der Waals surface area contributed by atoms with E-state index >= 15 is 0 Å². The van der Waals surface area contributed by atoms with Gasteiger partial charge in [-0.15, -0.1) is 0 Å². The Hall–Kier alpha value is -2.69. The molecule has 0 aromatic heterocycles. The molecular formula is C21H15F5. The van der Waals surface area contributed by atoms with Crippen LogP contribution < -0.4 is 0 Å². The third kappa shape index (κ3) is 4.28. The molecule has 3 rings (SSSR count). The summed E-state index contributed by atoms with van der Waals surface area (Å²) in [5.41, 5.74) is 1.61. The van der Waals surface area contributed by atoms with Crippen LogP contribution in [-0.2, 0) is 12.6 Å². The number of hydrogen-bond acceptors (Lipinski definition) is 0. The largest absolute Gasteiger partial charge is 0.416 e. The predicted octanol–water partition coefficient (Wildman–Crippen LogP) is 6.36. The molecule has 134 valence electrons. The highest BCUT2D eigenvalue weighted by molar-refractivity contribution is 5.36. The number of alkyl halides is 3. The first-order chi connectivity index (χ1) is 12.3. The molecule has 0 fully saturated rings. The van der Waals surface area contributed by atoms with Crippen molar-refractivity contribution in [2.45, 2.75) is 18.5 Å². The lowest BCUT2D eigenvalue weighted by atomic mass is 9.86. The molecule has 5 heteroatoms. The van der Waals surface area contributed by atoms with Gasteiger partial charge in [0.25, 0.3) is 0 Å². The van der Waals surface area contributed by atoms with Crippen LogP contribution in [0.4, 0.5) is 22.0 Å². The summed E-state index contributed by atoms with van der Waals surface area (Å²) >= 11 is 0. The minimum absolute atomic E-state index is 0.229. The summed E-state index contributed by atoms with van der Waals surface area (Å²) in [6, 6.07) is 16.8. The molecule has 0 amide bonds. The fourth-order valence-electron chi connectivity index (χ4n) is 2.88. The monoisotopic (exact) mass is 362 g/mol. The van der Waals surface area contributed by atoms with E-state index in [0.717, 1.165) is 23.3 Å². The van der Waals surface area contributed by atoms with Gasteiger partial charge in [-0.3, -0.25) is 0 Å². The molecule has 0 aliphatic rings. The molecule has 0 saturated carbocycles. The third-order valence-corrected chi connectivity index (χ3v) is 4.27. The van der Waals surface area contributed by atoms with Crippen LogP contribution in [0.3, 0.4) is 0 Å². The first kappa shape index (κ1) is 18.1. The first-order valence-electron chi connectivity index (χ1n) is 8.00. The Balaban J connectivity index is 1.93. The van der Waals surface area contributed by atoms with Crippen LogP contribution in [0.5, 0.6) is 0 Å². The number of benzene rings is 3. The topological polar surface area (TPSA) is 0 Å². The zero-order chi connectivity index (χ0) is 18.7. The second-order valence-electron chi connectivity index (χ2n) is 6.05. The van der Waals surface area contributed by atoms with Crippen molar-refractivity contribution in [3.63, 3.8) is 0 Å². The molecule has 0 aliphatic carbocycles. The van der Waals surface area contributed by atoms with Crippen molar-refractivity contribution in [2.75, 3.05) is 0 Å². The summed E-state index contributed by atoms with van der Waals surface area (Å²) in [6.45, 7) is 0.